The quantitative estimate of drug-likeness (QED) is 0.398. The minimum absolute atomic E-state index is 0.171. The van der Waals surface area contributed by atoms with Crippen molar-refractivity contribution < 1.29 is 19.8 Å². The molecule has 0 aromatic rings. The molecule has 2 heterocycles. The molecule has 2 rings (SSSR count). The van der Waals surface area contributed by atoms with Crippen LogP contribution in [0, 0.1) is 22.7 Å². The smallest absolute Gasteiger partial charge is 0.414 e. The molecule has 2 saturated heterocycles. The monoisotopic (exact) mass is 254 g/mol. The van der Waals surface area contributed by atoms with Crippen molar-refractivity contribution in [2.24, 2.45) is 0 Å². The van der Waals surface area contributed by atoms with Gasteiger partial charge in [0.2, 0.25) is 0 Å². The first-order chi connectivity index (χ1) is 8.51. The van der Waals surface area contributed by atoms with Crippen molar-refractivity contribution in [3.05, 3.63) is 0 Å². The molecule has 2 aliphatic heterocycles. The Bertz CT molecular complexity index is 327. The molecule has 0 unspecified atom stereocenters. The summed E-state index contributed by atoms with van der Waals surface area (Å²) in [5, 5.41) is 36.8. The van der Waals surface area contributed by atoms with Crippen molar-refractivity contribution >= 4 is 11.9 Å². The van der Waals surface area contributed by atoms with Gasteiger partial charge in [0, 0.05) is 0 Å². The third-order valence-electron chi connectivity index (χ3n) is 2.14. The summed E-state index contributed by atoms with van der Waals surface area (Å²) in [5.74, 6) is -3.65. The fourth-order valence-electron chi connectivity index (χ4n) is 0.798. The van der Waals surface area contributed by atoms with Gasteiger partial charge in [0.05, 0.1) is 24.2 Å². The predicted octanol–water partition coefficient (Wildman–Crippen LogP) is -1.10. The maximum absolute atomic E-state index is 9.10. The summed E-state index contributed by atoms with van der Waals surface area (Å²) >= 11 is 0. The Balaban J connectivity index is 0.000000241. The summed E-state index contributed by atoms with van der Waals surface area (Å²) in [6.07, 6.45) is 2.08. The number of carbonyl (C=O) groups is 2. The average Bonchev–Trinajstić information content (AvgIpc) is 2.15. The lowest BCUT2D eigenvalue weighted by molar-refractivity contribution is -0.159. The van der Waals surface area contributed by atoms with Gasteiger partial charge < -0.3 is 20.8 Å². The normalized spacial score (nSPS) is 23.0. The molecule has 0 radical (unpaired) electrons. The number of nitrogens with zero attached hydrogens (tertiary/aromatic N) is 2. The zero-order valence-electron chi connectivity index (χ0n) is 9.59. The van der Waals surface area contributed by atoms with Crippen LogP contribution in [-0.4, -0.2) is 47.3 Å². The summed E-state index contributed by atoms with van der Waals surface area (Å²) < 4.78 is 0. The second-order valence-corrected chi connectivity index (χ2v) is 3.46. The van der Waals surface area contributed by atoms with Crippen LogP contribution in [0.1, 0.15) is 12.8 Å². The Morgan fingerprint density at radius 2 is 1.22 bits per heavy atom. The van der Waals surface area contributed by atoms with Gasteiger partial charge in [-0.1, -0.05) is 0 Å². The van der Waals surface area contributed by atoms with E-state index >= 15 is 0 Å². The van der Waals surface area contributed by atoms with Crippen molar-refractivity contribution in [1.82, 2.24) is 10.6 Å². The molecule has 0 aliphatic carbocycles. The zero-order valence-corrected chi connectivity index (χ0v) is 9.59. The van der Waals surface area contributed by atoms with Crippen LogP contribution in [0.4, 0.5) is 0 Å². The SMILES string of the molecule is N#C[C@H]1CCN1.N#C[C@H]1CCN1.O=C(O)C(=O)O. The second kappa shape index (κ2) is 8.93. The third kappa shape index (κ3) is 7.17. The van der Waals surface area contributed by atoms with Crippen LogP contribution in [0.15, 0.2) is 0 Å². The number of hydrogen-bond acceptors (Lipinski definition) is 6. The minimum atomic E-state index is -1.82. The molecular weight excluding hydrogens is 240 g/mol. The van der Waals surface area contributed by atoms with E-state index in [4.69, 9.17) is 30.3 Å². The topological polar surface area (TPSA) is 146 Å². The zero-order chi connectivity index (χ0) is 14.0. The third-order valence-corrected chi connectivity index (χ3v) is 2.14. The number of nitriles is 2. The molecule has 98 valence electrons. The van der Waals surface area contributed by atoms with Crippen LogP contribution in [0.2, 0.25) is 0 Å². The Kier molecular flexibility index (Phi) is 7.86. The lowest BCUT2D eigenvalue weighted by atomic mass is 10.1. The number of rotatable bonds is 0. The van der Waals surface area contributed by atoms with Gasteiger partial charge in [0.25, 0.3) is 0 Å². The Hall–Kier alpha value is -2.16. The molecule has 0 aromatic heterocycles. The highest BCUT2D eigenvalue weighted by molar-refractivity contribution is 6.27. The van der Waals surface area contributed by atoms with Gasteiger partial charge in [-0.2, -0.15) is 10.5 Å². The Morgan fingerprint density at radius 3 is 1.22 bits per heavy atom. The van der Waals surface area contributed by atoms with Crippen molar-refractivity contribution in [2.45, 2.75) is 24.9 Å². The van der Waals surface area contributed by atoms with E-state index in [1.54, 1.807) is 0 Å². The maximum atomic E-state index is 9.10. The molecule has 2 aliphatic rings. The van der Waals surface area contributed by atoms with E-state index in [1.165, 1.54) is 0 Å². The number of carboxylic acids is 2. The molecule has 18 heavy (non-hydrogen) atoms. The van der Waals surface area contributed by atoms with Crippen molar-refractivity contribution in [2.75, 3.05) is 13.1 Å². The lowest BCUT2D eigenvalue weighted by Gasteiger charge is -2.19. The van der Waals surface area contributed by atoms with Crippen molar-refractivity contribution in [3.8, 4) is 12.1 Å². The first-order valence-electron chi connectivity index (χ1n) is 5.23. The van der Waals surface area contributed by atoms with E-state index in [0.29, 0.717) is 0 Å². The summed E-state index contributed by atoms with van der Waals surface area (Å²) in [7, 11) is 0. The fraction of sp³-hybridized carbons (Fsp3) is 0.600. The van der Waals surface area contributed by atoms with E-state index in [1.807, 2.05) is 0 Å². The molecule has 4 N–H and O–H groups in total. The molecule has 0 spiro atoms. The highest BCUT2D eigenvalue weighted by Gasteiger charge is 2.13. The summed E-state index contributed by atoms with van der Waals surface area (Å²) in [6.45, 7) is 2.05. The lowest BCUT2D eigenvalue weighted by Crippen LogP contribution is -2.41. The molecule has 0 amide bonds. The molecule has 0 bridgehead atoms. The van der Waals surface area contributed by atoms with Crippen molar-refractivity contribution in [3.63, 3.8) is 0 Å². The summed E-state index contributed by atoms with van der Waals surface area (Å²) in [5.41, 5.74) is 0. The highest BCUT2D eigenvalue weighted by Crippen LogP contribution is 1.97. The minimum Gasteiger partial charge on any atom is -0.473 e. The van der Waals surface area contributed by atoms with E-state index in [-0.39, 0.29) is 12.1 Å². The van der Waals surface area contributed by atoms with Crippen LogP contribution in [0.5, 0.6) is 0 Å². The van der Waals surface area contributed by atoms with Gasteiger partial charge in [0.15, 0.2) is 0 Å². The fourth-order valence-corrected chi connectivity index (χ4v) is 0.798. The predicted molar refractivity (Wildman–Crippen MR) is 59.3 cm³/mol. The van der Waals surface area contributed by atoms with Gasteiger partial charge in [0.1, 0.15) is 0 Å². The molecule has 0 aromatic carbocycles. The first kappa shape index (κ1) is 15.8. The standard InChI is InChI=1S/2C4H6N2.C2H2O4/c2*5-3-4-1-2-6-4;3-1(4)2(5)6/h2*4,6H,1-2H2;(H,3,4)(H,5,6)/t2*4-;/m11./s1. The molecule has 2 atom stereocenters. The number of hydrogen-bond donors (Lipinski definition) is 4. The van der Waals surface area contributed by atoms with Crippen LogP contribution >= 0.6 is 0 Å². The molecular formula is C10H14N4O4. The van der Waals surface area contributed by atoms with Gasteiger partial charge in [-0.15, -0.1) is 0 Å². The Labute approximate surface area is 104 Å². The van der Waals surface area contributed by atoms with E-state index < -0.39 is 11.9 Å². The second-order valence-electron chi connectivity index (χ2n) is 3.46. The first-order valence-corrected chi connectivity index (χ1v) is 5.23. The Morgan fingerprint density at radius 1 is 0.944 bits per heavy atom. The molecule has 8 heteroatoms. The molecule has 0 saturated carbocycles. The van der Waals surface area contributed by atoms with Gasteiger partial charge in [-0.25, -0.2) is 9.59 Å². The maximum Gasteiger partial charge on any atom is 0.414 e. The van der Waals surface area contributed by atoms with Gasteiger partial charge >= 0.3 is 11.9 Å². The number of carboxylic acid groups (broad SMARTS) is 2. The number of aliphatic carboxylic acids is 2. The van der Waals surface area contributed by atoms with Crippen LogP contribution < -0.4 is 10.6 Å². The average molecular weight is 254 g/mol. The van der Waals surface area contributed by atoms with Gasteiger partial charge in [-0.3, -0.25) is 0 Å². The van der Waals surface area contributed by atoms with Crippen LogP contribution in [0.25, 0.3) is 0 Å². The van der Waals surface area contributed by atoms with Gasteiger partial charge in [-0.05, 0) is 25.9 Å². The highest BCUT2D eigenvalue weighted by atomic mass is 16.4. The van der Waals surface area contributed by atoms with Crippen LogP contribution in [0.3, 0.4) is 0 Å². The van der Waals surface area contributed by atoms with Crippen molar-refractivity contribution in [1.29, 1.82) is 10.5 Å². The number of nitrogens with one attached hydrogen (secondary N) is 2. The summed E-state index contributed by atoms with van der Waals surface area (Å²) in [6, 6.07) is 4.52. The molecule has 2 fully saturated rings. The van der Waals surface area contributed by atoms with E-state index in [9.17, 15) is 0 Å². The van der Waals surface area contributed by atoms with Crippen LogP contribution in [-0.2, 0) is 9.59 Å². The molecule has 8 nitrogen and oxygen atoms in total. The largest absolute Gasteiger partial charge is 0.473 e. The van der Waals surface area contributed by atoms with E-state index in [2.05, 4.69) is 22.8 Å². The summed E-state index contributed by atoms with van der Waals surface area (Å²) in [4.78, 5) is 18.2. The van der Waals surface area contributed by atoms with E-state index in [0.717, 1.165) is 25.9 Å².